The van der Waals surface area contributed by atoms with E-state index in [-0.39, 0.29) is 29.8 Å². The lowest BCUT2D eigenvalue weighted by molar-refractivity contribution is -0.131. The SMILES string of the molecule is O=C1N[C@H]2[C@@H](CS(=O)(=O)[C@H]2CCCCC(=O)N2CCN(c3ncccn3)CC2)N1. The van der Waals surface area contributed by atoms with Crippen molar-refractivity contribution in [3.8, 4) is 0 Å². The second kappa shape index (κ2) is 8.13. The molecular formula is C18H26N6O4S. The van der Waals surface area contributed by atoms with Gasteiger partial charge in [-0.2, -0.15) is 0 Å². The number of fused-ring (bicyclic) bond motifs is 1. The van der Waals surface area contributed by atoms with Gasteiger partial charge >= 0.3 is 6.03 Å². The first-order chi connectivity index (χ1) is 13.9. The van der Waals surface area contributed by atoms with E-state index >= 15 is 0 Å². The molecule has 3 aliphatic rings. The van der Waals surface area contributed by atoms with Crippen LogP contribution in [-0.2, 0) is 14.6 Å². The van der Waals surface area contributed by atoms with Gasteiger partial charge in [0.15, 0.2) is 9.84 Å². The van der Waals surface area contributed by atoms with E-state index in [4.69, 9.17) is 0 Å². The van der Waals surface area contributed by atoms with Gasteiger partial charge in [0.1, 0.15) is 0 Å². The monoisotopic (exact) mass is 422 g/mol. The van der Waals surface area contributed by atoms with Gasteiger partial charge in [-0.15, -0.1) is 0 Å². The summed E-state index contributed by atoms with van der Waals surface area (Å²) in [5.41, 5.74) is 0. The van der Waals surface area contributed by atoms with Crippen LogP contribution in [0.5, 0.6) is 0 Å². The van der Waals surface area contributed by atoms with Crippen molar-refractivity contribution in [1.82, 2.24) is 25.5 Å². The zero-order valence-electron chi connectivity index (χ0n) is 16.2. The van der Waals surface area contributed by atoms with Gasteiger partial charge in [0.2, 0.25) is 11.9 Å². The largest absolute Gasteiger partial charge is 0.339 e. The molecule has 158 valence electrons. The topological polar surface area (TPSA) is 125 Å². The maximum Gasteiger partial charge on any atom is 0.315 e. The van der Waals surface area contributed by atoms with Crippen LogP contribution in [0.1, 0.15) is 25.7 Å². The number of hydrogen-bond acceptors (Lipinski definition) is 7. The Kier molecular flexibility index (Phi) is 5.57. The molecule has 29 heavy (non-hydrogen) atoms. The van der Waals surface area contributed by atoms with Crippen LogP contribution in [0.15, 0.2) is 18.5 Å². The lowest BCUT2D eigenvalue weighted by atomic mass is 10.0. The first kappa shape index (κ1) is 19.9. The van der Waals surface area contributed by atoms with Crippen molar-refractivity contribution in [2.75, 3.05) is 36.8 Å². The maximum absolute atomic E-state index is 12.5. The van der Waals surface area contributed by atoms with Crippen LogP contribution in [0, 0.1) is 0 Å². The highest BCUT2D eigenvalue weighted by Gasteiger charge is 2.51. The quantitative estimate of drug-likeness (QED) is 0.469. The number of anilines is 1. The molecule has 3 atom stereocenters. The van der Waals surface area contributed by atoms with E-state index in [1.54, 1.807) is 18.5 Å². The number of unbranched alkanes of at least 4 members (excludes halogenated alkanes) is 1. The predicted molar refractivity (Wildman–Crippen MR) is 106 cm³/mol. The summed E-state index contributed by atoms with van der Waals surface area (Å²) in [5.74, 6) is 0.779. The minimum Gasteiger partial charge on any atom is -0.339 e. The Hall–Kier alpha value is -2.43. The van der Waals surface area contributed by atoms with Crippen LogP contribution in [0.3, 0.4) is 0 Å². The van der Waals surface area contributed by atoms with Crippen LogP contribution in [-0.4, -0.2) is 84.5 Å². The Morgan fingerprint density at radius 2 is 1.83 bits per heavy atom. The first-order valence-electron chi connectivity index (χ1n) is 10.0. The molecule has 4 heterocycles. The molecule has 0 spiro atoms. The summed E-state index contributed by atoms with van der Waals surface area (Å²) in [5, 5.41) is 4.83. The molecule has 1 aromatic heterocycles. The van der Waals surface area contributed by atoms with Gasteiger partial charge in [-0.05, 0) is 18.9 Å². The smallest absolute Gasteiger partial charge is 0.315 e. The lowest BCUT2D eigenvalue weighted by Crippen LogP contribution is -2.49. The van der Waals surface area contributed by atoms with Gasteiger partial charge < -0.3 is 20.4 Å². The zero-order chi connectivity index (χ0) is 20.4. The van der Waals surface area contributed by atoms with Gasteiger partial charge in [-0.25, -0.2) is 23.2 Å². The maximum atomic E-state index is 12.5. The molecule has 10 nitrogen and oxygen atoms in total. The Morgan fingerprint density at radius 3 is 2.55 bits per heavy atom. The van der Waals surface area contributed by atoms with Crippen molar-refractivity contribution in [2.24, 2.45) is 0 Å². The number of sulfone groups is 1. The van der Waals surface area contributed by atoms with E-state index in [2.05, 4.69) is 25.5 Å². The highest BCUT2D eigenvalue weighted by molar-refractivity contribution is 7.92. The number of piperazine rings is 1. The highest BCUT2D eigenvalue weighted by atomic mass is 32.2. The fourth-order valence-corrected chi connectivity index (χ4v) is 6.66. The summed E-state index contributed by atoms with van der Waals surface area (Å²) >= 11 is 0. The van der Waals surface area contributed by atoms with Gasteiger partial charge in [-0.3, -0.25) is 4.79 Å². The molecule has 11 heteroatoms. The Labute approximate surface area is 170 Å². The normalized spacial score (nSPS) is 28.0. The van der Waals surface area contributed by atoms with Crippen molar-refractivity contribution in [1.29, 1.82) is 0 Å². The van der Waals surface area contributed by atoms with E-state index in [0.717, 1.165) is 0 Å². The number of hydrogen-bond donors (Lipinski definition) is 2. The van der Waals surface area contributed by atoms with Crippen molar-refractivity contribution in [3.05, 3.63) is 18.5 Å². The number of aromatic nitrogens is 2. The van der Waals surface area contributed by atoms with Gasteiger partial charge in [0.25, 0.3) is 0 Å². The molecule has 0 bridgehead atoms. The molecule has 0 unspecified atom stereocenters. The third-order valence-corrected chi connectivity index (χ3v) is 8.19. The number of nitrogens with one attached hydrogen (secondary N) is 2. The van der Waals surface area contributed by atoms with E-state index < -0.39 is 15.1 Å². The fourth-order valence-electron chi connectivity index (χ4n) is 4.40. The number of carbonyl (C=O) groups excluding carboxylic acids is 2. The fraction of sp³-hybridized carbons (Fsp3) is 0.667. The van der Waals surface area contributed by atoms with Crippen molar-refractivity contribution >= 4 is 27.7 Å². The van der Waals surface area contributed by atoms with Gasteiger partial charge in [-0.1, -0.05) is 6.42 Å². The minimum atomic E-state index is -3.21. The van der Waals surface area contributed by atoms with Crippen molar-refractivity contribution < 1.29 is 18.0 Å². The second-order valence-electron chi connectivity index (χ2n) is 7.78. The highest BCUT2D eigenvalue weighted by Crippen LogP contribution is 2.28. The molecular weight excluding hydrogens is 396 g/mol. The summed E-state index contributed by atoms with van der Waals surface area (Å²) in [4.78, 5) is 36.3. The number of rotatable bonds is 6. The summed E-state index contributed by atoms with van der Waals surface area (Å²) in [6.07, 6.45) is 5.59. The van der Waals surface area contributed by atoms with E-state index in [9.17, 15) is 18.0 Å². The number of urea groups is 1. The molecule has 1 aromatic rings. The number of nitrogens with zero attached hydrogens (tertiary/aromatic N) is 4. The predicted octanol–water partition coefficient (Wildman–Crippen LogP) is -0.467. The van der Waals surface area contributed by atoms with Crippen molar-refractivity contribution in [3.63, 3.8) is 0 Å². The third-order valence-electron chi connectivity index (χ3n) is 5.92. The Morgan fingerprint density at radius 1 is 1.10 bits per heavy atom. The lowest BCUT2D eigenvalue weighted by Gasteiger charge is -2.34. The molecule has 0 aliphatic carbocycles. The molecule has 3 fully saturated rings. The summed E-state index contributed by atoms with van der Waals surface area (Å²) < 4.78 is 24.6. The molecule has 4 rings (SSSR count). The average Bonchev–Trinajstić information content (AvgIpc) is 3.17. The van der Waals surface area contributed by atoms with Crippen LogP contribution < -0.4 is 15.5 Å². The molecule has 0 saturated carbocycles. The van der Waals surface area contributed by atoms with E-state index in [1.165, 1.54) is 0 Å². The van der Waals surface area contributed by atoms with E-state index in [1.807, 2.05) is 4.90 Å². The number of carbonyl (C=O) groups is 2. The molecule has 3 amide bonds. The van der Waals surface area contributed by atoms with Crippen LogP contribution in [0.4, 0.5) is 10.7 Å². The van der Waals surface area contributed by atoms with Gasteiger partial charge in [0.05, 0.1) is 23.1 Å². The zero-order valence-corrected chi connectivity index (χ0v) is 17.0. The van der Waals surface area contributed by atoms with Crippen LogP contribution in [0.2, 0.25) is 0 Å². The summed E-state index contributed by atoms with van der Waals surface area (Å²) in [7, 11) is -3.21. The summed E-state index contributed by atoms with van der Waals surface area (Å²) in [6.45, 7) is 2.67. The molecule has 3 saturated heterocycles. The van der Waals surface area contributed by atoms with Gasteiger partial charge in [0, 0.05) is 45.0 Å². The van der Waals surface area contributed by atoms with Crippen LogP contribution in [0.25, 0.3) is 0 Å². The Balaban J connectivity index is 1.19. The molecule has 0 radical (unpaired) electrons. The van der Waals surface area contributed by atoms with Crippen molar-refractivity contribution in [2.45, 2.75) is 43.0 Å². The summed E-state index contributed by atoms with van der Waals surface area (Å²) in [6, 6.07) is 0.799. The van der Waals surface area contributed by atoms with Crippen LogP contribution >= 0.6 is 0 Å². The average molecular weight is 423 g/mol. The standard InChI is InChI=1S/C18H26N6O4S/c25-15(23-8-10-24(11-9-23)17-19-6-3-7-20-17)5-2-1-4-14-16-13(12-29(14,27)28)21-18(26)22-16/h3,6-7,13-14,16H,1-2,4-5,8-12H2,(H2,21,22,26)/t13-,14+,16+/m1/s1. The number of amides is 3. The molecule has 3 aliphatic heterocycles. The molecule has 2 N–H and O–H groups in total. The Bertz CT molecular complexity index is 856. The second-order valence-corrected chi connectivity index (χ2v) is 10.0. The molecule has 0 aromatic carbocycles. The third kappa shape index (κ3) is 4.29. The van der Waals surface area contributed by atoms with E-state index in [0.29, 0.717) is 57.8 Å². The first-order valence-corrected chi connectivity index (χ1v) is 11.7. The minimum absolute atomic E-state index is 0.00455.